The third-order valence-corrected chi connectivity index (χ3v) is 4.68. The average Bonchev–Trinajstić information content (AvgIpc) is 3.11. The second-order valence-corrected chi connectivity index (χ2v) is 6.92. The Morgan fingerprint density at radius 2 is 2.00 bits per heavy atom. The molecule has 0 aromatic heterocycles. The molecule has 1 aromatic rings. The zero-order valence-corrected chi connectivity index (χ0v) is 16.4. The average molecular weight is 362 g/mol. The van der Waals surface area contributed by atoms with E-state index in [1.54, 1.807) is 12.0 Å². The second kappa shape index (κ2) is 8.92. The van der Waals surface area contributed by atoms with Crippen molar-refractivity contribution in [3.05, 3.63) is 23.8 Å². The number of likely N-dealkylation sites (tertiary alicyclic amines) is 1. The monoisotopic (exact) mass is 362 g/mol. The summed E-state index contributed by atoms with van der Waals surface area (Å²) in [5.41, 5.74) is 0.929. The van der Waals surface area contributed by atoms with Crippen LogP contribution < -0.4 is 14.8 Å². The standard InChI is InChI=1S/C20H30N2O4/c1-6-26-17-10-9-15(12-18(17)25-5)14(4)21-19(23)16-8-7-11-22(16)20(24)13(2)3/h9-10,12-14,16H,6-8,11H2,1-5H3,(H,21,23). The number of rotatable bonds is 7. The van der Waals surface area contributed by atoms with E-state index < -0.39 is 0 Å². The van der Waals surface area contributed by atoms with Crippen LogP contribution in [0.5, 0.6) is 11.5 Å². The van der Waals surface area contributed by atoms with Crippen LogP contribution in [-0.2, 0) is 9.59 Å². The molecule has 1 aliphatic heterocycles. The predicted octanol–water partition coefficient (Wildman–Crippen LogP) is 2.92. The number of carbonyl (C=O) groups excluding carboxylic acids is 2. The SMILES string of the molecule is CCOc1ccc(C(C)NC(=O)C2CCCN2C(=O)C(C)C)cc1OC. The zero-order valence-electron chi connectivity index (χ0n) is 16.4. The lowest BCUT2D eigenvalue weighted by molar-refractivity contribution is -0.141. The van der Waals surface area contributed by atoms with Gasteiger partial charge in [-0.15, -0.1) is 0 Å². The van der Waals surface area contributed by atoms with Gasteiger partial charge in [-0.25, -0.2) is 0 Å². The molecule has 2 atom stereocenters. The minimum atomic E-state index is -0.378. The fourth-order valence-electron chi connectivity index (χ4n) is 3.26. The van der Waals surface area contributed by atoms with Crippen molar-refractivity contribution in [2.75, 3.05) is 20.3 Å². The first-order valence-electron chi connectivity index (χ1n) is 9.30. The van der Waals surface area contributed by atoms with E-state index in [9.17, 15) is 9.59 Å². The fraction of sp³-hybridized carbons (Fsp3) is 0.600. The van der Waals surface area contributed by atoms with Gasteiger partial charge in [0.05, 0.1) is 19.8 Å². The maximum Gasteiger partial charge on any atom is 0.243 e. The normalized spacial score (nSPS) is 17.9. The Morgan fingerprint density at radius 3 is 2.62 bits per heavy atom. The molecule has 0 spiro atoms. The van der Waals surface area contributed by atoms with Gasteiger partial charge in [-0.3, -0.25) is 9.59 Å². The molecule has 144 valence electrons. The van der Waals surface area contributed by atoms with Crippen LogP contribution in [0.2, 0.25) is 0 Å². The maximum atomic E-state index is 12.7. The first-order chi connectivity index (χ1) is 12.4. The van der Waals surface area contributed by atoms with Gasteiger partial charge >= 0.3 is 0 Å². The van der Waals surface area contributed by atoms with Crippen molar-refractivity contribution in [2.24, 2.45) is 5.92 Å². The van der Waals surface area contributed by atoms with Crippen molar-refractivity contribution in [1.82, 2.24) is 10.2 Å². The van der Waals surface area contributed by atoms with Gasteiger partial charge in [0.15, 0.2) is 11.5 Å². The number of methoxy groups -OCH3 is 1. The van der Waals surface area contributed by atoms with Gasteiger partial charge in [0, 0.05) is 12.5 Å². The van der Waals surface area contributed by atoms with Gasteiger partial charge in [-0.2, -0.15) is 0 Å². The molecule has 1 N–H and O–H groups in total. The maximum absolute atomic E-state index is 12.7. The number of hydrogen-bond acceptors (Lipinski definition) is 4. The van der Waals surface area contributed by atoms with Gasteiger partial charge in [0.2, 0.25) is 11.8 Å². The molecular weight excluding hydrogens is 332 g/mol. The number of carbonyl (C=O) groups is 2. The Hall–Kier alpha value is -2.24. The fourth-order valence-corrected chi connectivity index (χ4v) is 3.26. The summed E-state index contributed by atoms with van der Waals surface area (Å²) in [6.07, 6.45) is 1.57. The lowest BCUT2D eigenvalue weighted by Crippen LogP contribution is -2.47. The Kier molecular flexibility index (Phi) is 6.89. The summed E-state index contributed by atoms with van der Waals surface area (Å²) in [5.74, 6) is 1.16. The Balaban J connectivity index is 2.08. The van der Waals surface area contributed by atoms with Crippen LogP contribution in [-0.4, -0.2) is 43.0 Å². The molecule has 0 bridgehead atoms. The minimum Gasteiger partial charge on any atom is -0.493 e. The Bertz CT molecular complexity index is 645. The second-order valence-electron chi connectivity index (χ2n) is 6.92. The first-order valence-corrected chi connectivity index (χ1v) is 9.30. The van der Waals surface area contributed by atoms with Gasteiger partial charge in [-0.1, -0.05) is 19.9 Å². The van der Waals surface area contributed by atoms with Crippen LogP contribution in [0.15, 0.2) is 18.2 Å². The number of nitrogens with zero attached hydrogens (tertiary/aromatic N) is 1. The van der Waals surface area contributed by atoms with Crippen molar-refractivity contribution in [3.8, 4) is 11.5 Å². The van der Waals surface area contributed by atoms with E-state index in [2.05, 4.69) is 5.32 Å². The molecule has 0 radical (unpaired) electrons. The third kappa shape index (κ3) is 4.48. The largest absolute Gasteiger partial charge is 0.493 e. The molecule has 26 heavy (non-hydrogen) atoms. The summed E-state index contributed by atoms with van der Waals surface area (Å²) in [7, 11) is 1.60. The molecular formula is C20H30N2O4. The quantitative estimate of drug-likeness (QED) is 0.810. The highest BCUT2D eigenvalue weighted by molar-refractivity contribution is 5.89. The molecule has 2 rings (SSSR count). The Labute approximate surface area is 155 Å². The summed E-state index contributed by atoms with van der Waals surface area (Å²) in [4.78, 5) is 26.8. The molecule has 2 unspecified atom stereocenters. The summed E-state index contributed by atoms with van der Waals surface area (Å²) in [6.45, 7) is 8.79. The molecule has 0 saturated carbocycles. The number of amides is 2. The molecule has 2 amide bonds. The number of hydrogen-bond donors (Lipinski definition) is 1. The first kappa shape index (κ1) is 20.1. The van der Waals surface area contributed by atoms with E-state index in [-0.39, 0.29) is 29.8 Å². The van der Waals surface area contributed by atoms with E-state index in [1.165, 1.54) is 0 Å². The topological polar surface area (TPSA) is 67.9 Å². The lowest BCUT2D eigenvalue weighted by atomic mass is 10.1. The van der Waals surface area contributed by atoms with Crippen LogP contribution in [0, 0.1) is 5.92 Å². The van der Waals surface area contributed by atoms with E-state index in [1.807, 2.05) is 45.9 Å². The molecule has 1 fully saturated rings. The number of benzene rings is 1. The Morgan fingerprint density at radius 1 is 1.27 bits per heavy atom. The van der Waals surface area contributed by atoms with Crippen LogP contribution >= 0.6 is 0 Å². The van der Waals surface area contributed by atoms with Gasteiger partial charge in [0.25, 0.3) is 0 Å². The van der Waals surface area contributed by atoms with E-state index in [0.29, 0.717) is 31.1 Å². The highest BCUT2D eigenvalue weighted by atomic mass is 16.5. The molecule has 1 heterocycles. The van der Waals surface area contributed by atoms with Crippen molar-refractivity contribution >= 4 is 11.8 Å². The smallest absolute Gasteiger partial charge is 0.243 e. The zero-order chi connectivity index (χ0) is 19.3. The highest BCUT2D eigenvalue weighted by Gasteiger charge is 2.35. The van der Waals surface area contributed by atoms with Crippen molar-refractivity contribution in [1.29, 1.82) is 0 Å². The molecule has 6 heteroatoms. The number of nitrogens with one attached hydrogen (secondary N) is 1. The van der Waals surface area contributed by atoms with Gasteiger partial charge < -0.3 is 19.7 Å². The summed E-state index contributed by atoms with van der Waals surface area (Å²) in [5, 5.41) is 3.04. The molecule has 0 aliphatic carbocycles. The number of ether oxygens (including phenoxy) is 2. The van der Waals surface area contributed by atoms with E-state index >= 15 is 0 Å². The molecule has 6 nitrogen and oxygen atoms in total. The summed E-state index contributed by atoms with van der Waals surface area (Å²) < 4.78 is 10.9. The van der Waals surface area contributed by atoms with Crippen molar-refractivity contribution in [3.63, 3.8) is 0 Å². The lowest BCUT2D eigenvalue weighted by Gasteiger charge is -2.27. The van der Waals surface area contributed by atoms with E-state index in [0.717, 1.165) is 12.0 Å². The van der Waals surface area contributed by atoms with E-state index in [4.69, 9.17) is 9.47 Å². The van der Waals surface area contributed by atoms with Crippen molar-refractivity contribution in [2.45, 2.75) is 52.6 Å². The van der Waals surface area contributed by atoms with Crippen LogP contribution in [0.1, 0.15) is 52.1 Å². The van der Waals surface area contributed by atoms with Crippen LogP contribution in [0.3, 0.4) is 0 Å². The molecule has 1 saturated heterocycles. The summed E-state index contributed by atoms with van der Waals surface area (Å²) >= 11 is 0. The molecule has 1 aromatic carbocycles. The third-order valence-electron chi connectivity index (χ3n) is 4.68. The summed E-state index contributed by atoms with van der Waals surface area (Å²) in [6, 6.07) is 5.08. The van der Waals surface area contributed by atoms with Crippen LogP contribution in [0.4, 0.5) is 0 Å². The predicted molar refractivity (Wildman–Crippen MR) is 100 cm³/mol. The highest BCUT2D eigenvalue weighted by Crippen LogP contribution is 2.30. The van der Waals surface area contributed by atoms with Gasteiger partial charge in [0.1, 0.15) is 6.04 Å². The van der Waals surface area contributed by atoms with Crippen molar-refractivity contribution < 1.29 is 19.1 Å². The molecule has 1 aliphatic rings. The van der Waals surface area contributed by atoms with Gasteiger partial charge in [-0.05, 0) is 44.4 Å². The van der Waals surface area contributed by atoms with Crippen LogP contribution in [0.25, 0.3) is 0 Å². The minimum absolute atomic E-state index is 0.0399.